The molecule has 0 bridgehead atoms. The molecule has 0 saturated heterocycles. The van der Waals surface area contributed by atoms with Gasteiger partial charge in [0.05, 0.1) is 33.4 Å². The fourth-order valence-corrected chi connectivity index (χ4v) is 9.07. The number of hydrogen-bond acceptors (Lipinski definition) is 3. The number of benzene rings is 6. The summed E-state index contributed by atoms with van der Waals surface area (Å²) in [6.07, 6.45) is 6.36. The van der Waals surface area contributed by atoms with Crippen LogP contribution in [0, 0.1) is 13.8 Å². The molecule has 6 aromatic carbocycles. The maximum absolute atomic E-state index is 6.71. The van der Waals surface area contributed by atoms with Crippen LogP contribution >= 0.6 is 0 Å². The lowest BCUT2D eigenvalue weighted by Gasteiger charge is -2.16. The summed E-state index contributed by atoms with van der Waals surface area (Å²) in [5.41, 5.74) is 12.8. The number of para-hydroxylation sites is 4. The van der Waals surface area contributed by atoms with E-state index in [1.165, 1.54) is 62.5 Å². The predicted molar refractivity (Wildman–Crippen MR) is 228 cm³/mol. The van der Waals surface area contributed by atoms with E-state index in [1.807, 2.05) is 12.3 Å². The van der Waals surface area contributed by atoms with Crippen molar-refractivity contribution >= 4 is 43.6 Å². The molecule has 0 aliphatic heterocycles. The molecule has 10 aromatic rings. The first-order valence-electron chi connectivity index (χ1n) is 19.5. The standard InChI is InChI=1S/C50H39N5O/c1-32-13-10-20-41-42-21-11-14-33(2)49(42)54(48(32)41)36-27-28-51-47(30-36)55-44-23-8-6-19-39(44)40-26-25-38(31-46(40)55)56-37-18-12-15-34(29-37)50-52-43-22-7-9-24-45(43)53(50)35-16-4-3-5-17-35/h3-6,8,10-21,23,25-31H,7,9,22,24H2,1-2H3. The molecule has 4 heterocycles. The lowest BCUT2D eigenvalue weighted by molar-refractivity contribution is 0.483. The molecule has 0 atom stereocenters. The van der Waals surface area contributed by atoms with Gasteiger partial charge in [-0.2, -0.15) is 0 Å². The van der Waals surface area contributed by atoms with Crippen LogP contribution in [0.15, 0.2) is 152 Å². The zero-order valence-electron chi connectivity index (χ0n) is 31.4. The summed E-state index contributed by atoms with van der Waals surface area (Å²) in [7, 11) is 0. The summed E-state index contributed by atoms with van der Waals surface area (Å²) in [6, 6.07) is 51.4. The van der Waals surface area contributed by atoms with Crippen molar-refractivity contribution in [2.24, 2.45) is 0 Å². The molecule has 1 aliphatic rings. The van der Waals surface area contributed by atoms with Gasteiger partial charge in [0.15, 0.2) is 0 Å². The number of hydrogen-bond donors (Lipinski definition) is 0. The maximum atomic E-state index is 6.71. The van der Waals surface area contributed by atoms with Crippen LogP contribution in [0.4, 0.5) is 0 Å². The second-order valence-electron chi connectivity index (χ2n) is 15.0. The second-order valence-corrected chi connectivity index (χ2v) is 15.0. The fraction of sp³-hybridized carbons (Fsp3) is 0.120. The lowest BCUT2D eigenvalue weighted by Crippen LogP contribution is -2.07. The van der Waals surface area contributed by atoms with Crippen LogP contribution in [-0.4, -0.2) is 23.7 Å². The van der Waals surface area contributed by atoms with Crippen LogP contribution in [0.3, 0.4) is 0 Å². The Balaban J connectivity index is 1.03. The van der Waals surface area contributed by atoms with Gasteiger partial charge in [0.2, 0.25) is 0 Å². The van der Waals surface area contributed by atoms with E-state index in [4.69, 9.17) is 14.7 Å². The average molecular weight is 726 g/mol. The molecule has 6 heteroatoms. The van der Waals surface area contributed by atoms with Crippen LogP contribution in [-0.2, 0) is 12.8 Å². The van der Waals surface area contributed by atoms with Crippen molar-refractivity contribution in [1.29, 1.82) is 0 Å². The van der Waals surface area contributed by atoms with Crippen LogP contribution in [0.25, 0.3) is 72.2 Å². The van der Waals surface area contributed by atoms with Crippen molar-refractivity contribution in [3.05, 3.63) is 174 Å². The molecule has 0 unspecified atom stereocenters. The molecule has 11 rings (SSSR count). The van der Waals surface area contributed by atoms with Gasteiger partial charge in [-0.3, -0.25) is 9.13 Å². The Morgan fingerprint density at radius 3 is 2.04 bits per heavy atom. The summed E-state index contributed by atoms with van der Waals surface area (Å²) in [6.45, 7) is 4.40. The quantitative estimate of drug-likeness (QED) is 0.171. The number of aromatic nitrogens is 5. The molecule has 4 aromatic heterocycles. The van der Waals surface area contributed by atoms with E-state index >= 15 is 0 Å². The number of aryl methyl sites for hydroxylation is 3. The van der Waals surface area contributed by atoms with Gasteiger partial charge < -0.3 is 9.30 Å². The SMILES string of the molecule is Cc1cccc2c3cccc(C)c3n(-c3ccnc(-n4c5ccccc5c5ccc(Oc6cccc(-c7nc8c(n7-c7ccccc7)CCCC8)c6)cc54)c3)c12. The summed E-state index contributed by atoms with van der Waals surface area (Å²) in [5, 5.41) is 4.83. The monoisotopic (exact) mass is 725 g/mol. The van der Waals surface area contributed by atoms with Gasteiger partial charge in [0.1, 0.15) is 23.1 Å². The molecule has 270 valence electrons. The van der Waals surface area contributed by atoms with Crippen molar-refractivity contribution in [3.8, 4) is 40.1 Å². The highest BCUT2D eigenvalue weighted by atomic mass is 16.5. The van der Waals surface area contributed by atoms with E-state index in [2.05, 4.69) is 167 Å². The Labute approximate surface area is 324 Å². The van der Waals surface area contributed by atoms with E-state index in [0.29, 0.717) is 0 Å². The second kappa shape index (κ2) is 12.8. The Morgan fingerprint density at radius 2 is 1.21 bits per heavy atom. The van der Waals surface area contributed by atoms with Crippen molar-refractivity contribution in [1.82, 2.24) is 23.7 Å². The Bertz CT molecular complexity index is 3090. The highest BCUT2D eigenvalue weighted by Gasteiger charge is 2.23. The highest BCUT2D eigenvalue weighted by Crippen LogP contribution is 2.39. The van der Waals surface area contributed by atoms with Crippen molar-refractivity contribution in [2.75, 3.05) is 0 Å². The number of imidazole rings is 1. The fourth-order valence-electron chi connectivity index (χ4n) is 9.07. The largest absolute Gasteiger partial charge is 0.457 e. The third-order valence-corrected chi connectivity index (χ3v) is 11.5. The molecule has 0 amide bonds. The minimum Gasteiger partial charge on any atom is -0.457 e. The molecule has 0 N–H and O–H groups in total. The molecular weight excluding hydrogens is 687 g/mol. The first-order valence-corrected chi connectivity index (χ1v) is 19.5. The number of nitrogens with zero attached hydrogens (tertiary/aromatic N) is 5. The third kappa shape index (κ3) is 5.09. The Kier molecular flexibility index (Phi) is 7.46. The van der Waals surface area contributed by atoms with Gasteiger partial charge in [-0.1, -0.05) is 84.9 Å². The van der Waals surface area contributed by atoms with Gasteiger partial charge in [0, 0.05) is 56.8 Å². The van der Waals surface area contributed by atoms with Gasteiger partial charge in [0.25, 0.3) is 0 Å². The lowest BCUT2D eigenvalue weighted by atomic mass is 10.0. The van der Waals surface area contributed by atoms with E-state index in [0.717, 1.165) is 69.3 Å². The first-order chi connectivity index (χ1) is 27.6. The van der Waals surface area contributed by atoms with Crippen molar-refractivity contribution in [2.45, 2.75) is 39.5 Å². The summed E-state index contributed by atoms with van der Waals surface area (Å²) in [4.78, 5) is 10.2. The molecular formula is C50H39N5O. The minimum absolute atomic E-state index is 0.759. The Morgan fingerprint density at radius 1 is 0.518 bits per heavy atom. The molecule has 0 radical (unpaired) electrons. The number of fused-ring (bicyclic) bond motifs is 7. The summed E-state index contributed by atoms with van der Waals surface area (Å²) in [5.74, 6) is 3.34. The van der Waals surface area contributed by atoms with E-state index in [-0.39, 0.29) is 0 Å². The van der Waals surface area contributed by atoms with E-state index in [1.54, 1.807) is 0 Å². The molecule has 0 saturated carbocycles. The van der Waals surface area contributed by atoms with Crippen LogP contribution in [0.5, 0.6) is 11.5 Å². The van der Waals surface area contributed by atoms with Gasteiger partial charge in [-0.15, -0.1) is 0 Å². The van der Waals surface area contributed by atoms with Gasteiger partial charge in [-0.05, 0) is 99.2 Å². The molecule has 0 spiro atoms. The van der Waals surface area contributed by atoms with Crippen molar-refractivity contribution < 1.29 is 4.74 Å². The third-order valence-electron chi connectivity index (χ3n) is 11.5. The van der Waals surface area contributed by atoms with Crippen LogP contribution in [0.2, 0.25) is 0 Å². The number of pyridine rings is 1. The first kappa shape index (κ1) is 32.5. The Hall–Kier alpha value is -6.92. The van der Waals surface area contributed by atoms with E-state index < -0.39 is 0 Å². The van der Waals surface area contributed by atoms with Gasteiger partial charge >= 0.3 is 0 Å². The molecule has 56 heavy (non-hydrogen) atoms. The summed E-state index contributed by atoms with van der Waals surface area (Å²) < 4.78 is 13.7. The topological polar surface area (TPSA) is 49.8 Å². The summed E-state index contributed by atoms with van der Waals surface area (Å²) >= 11 is 0. The van der Waals surface area contributed by atoms with Crippen molar-refractivity contribution in [3.63, 3.8) is 0 Å². The number of rotatable bonds is 6. The molecule has 6 nitrogen and oxygen atoms in total. The molecule has 0 fully saturated rings. The minimum atomic E-state index is 0.759. The van der Waals surface area contributed by atoms with Gasteiger partial charge in [-0.25, -0.2) is 9.97 Å². The molecule has 1 aliphatic carbocycles. The highest BCUT2D eigenvalue weighted by molar-refractivity contribution is 6.12. The smallest absolute Gasteiger partial charge is 0.145 e. The maximum Gasteiger partial charge on any atom is 0.145 e. The number of ether oxygens (including phenoxy) is 1. The van der Waals surface area contributed by atoms with E-state index in [9.17, 15) is 0 Å². The predicted octanol–water partition coefficient (Wildman–Crippen LogP) is 12.4. The van der Waals surface area contributed by atoms with Crippen LogP contribution in [0.1, 0.15) is 35.4 Å². The zero-order chi connectivity index (χ0) is 37.3. The zero-order valence-corrected chi connectivity index (χ0v) is 31.4. The van der Waals surface area contributed by atoms with Crippen LogP contribution < -0.4 is 4.74 Å². The average Bonchev–Trinajstić information content (AvgIpc) is 3.91. The normalized spacial score (nSPS) is 12.9.